The number of hydrogen-bond donors (Lipinski definition) is 2. The van der Waals surface area contributed by atoms with Gasteiger partial charge in [-0.1, -0.05) is 12.1 Å². The summed E-state index contributed by atoms with van der Waals surface area (Å²) in [5, 5.41) is 9.99. The number of rotatable bonds is 1. The number of non-ortho nitro benzene ring substituents is 1. The molecule has 3 aromatic heterocycles. The average Bonchev–Trinajstić information content (AvgIpc) is 3.61. The molecule has 2 aliphatic heterocycles. The second-order valence-electron chi connectivity index (χ2n) is 7.42. The van der Waals surface area contributed by atoms with Gasteiger partial charge >= 0.3 is 17.1 Å². The smallest absolute Gasteiger partial charge is 0.355 e. The molecule has 34 heavy (non-hydrogen) atoms. The summed E-state index contributed by atoms with van der Waals surface area (Å²) in [5.74, 6) is 0. The van der Waals surface area contributed by atoms with E-state index in [9.17, 15) is 10.1 Å². The fourth-order valence-corrected chi connectivity index (χ4v) is 3.44. The summed E-state index contributed by atoms with van der Waals surface area (Å²) in [7, 11) is 0. The number of benzene rings is 1. The maximum atomic E-state index is 9.99. The molecule has 0 atom stereocenters. The first-order chi connectivity index (χ1) is 16.1. The molecule has 7 nitrogen and oxygen atoms in total. The van der Waals surface area contributed by atoms with Gasteiger partial charge in [0.2, 0.25) is 0 Å². The Hall–Kier alpha value is -4.26. The van der Waals surface area contributed by atoms with E-state index >= 15 is 0 Å². The first-order valence-corrected chi connectivity index (χ1v) is 10.3. The fraction of sp³-hybridized carbons (Fsp3) is 0. The predicted octanol–water partition coefficient (Wildman–Crippen LogP) is 6.05. The monoisotopic (exact) mass is 495 g/mol. The third-order valence-electron chi connectivity index (χ3n) is 4.95. The molecule has 0 saturated carbocycles. The largest absolute Gasteiger partial charge is 1.00 e. The maximum absolute atomic E-state index is 9.99. The van der Waals surface area contributed by atoms with Gasteiger partial charge in [0.25, 0.3) is 0 Å². The Morgan fingerprint density at radius 3 is 1.47 bits per heavy atom. The standard InChI is InChI=1S/C20H14N4.C6H4NO2.Cu/c1-2-14-10-16-5-6-18(23-16)12-20-8-7-19(24-20)11-17-4-3-15(22-17)9-13(1)21-14;8-7(9)6-4-2-1-3-5-6;/h1-12,21-22H;2-5H;/q;-1;+1. The van der Waals surface area contributed by atoms with Crippen LogP contribution < -0.4 is 0 Å². The quantitative estimate of drug-likeness (QED) is 0.125. The number of aromatic amines is 2. The van der Waals surface area contributed by atoms with Crippen LogP contribution >= 0.6 is 0 Å². The molecule has 2 N–H and O–H groups in total. The van der Waals surface area contributed by atoms with Gasteiger partial charge in [-0.2, -0.15) is 18.2 Å². The predicted molar refractivity (Wildman–Crippen MR) is 131 cm³/mol. The van der Waals surface area contributed by atoms with Crippen LogP contribution in [0.15, 0.2) is 72.8 Å². The summed E-state index contributed by atoms with van der Waals surface area (Å²) < 4.78 is 0. The summed E-state index contributed by atoms with van der Waals surface area (Å²) in [5.41, 5.74) is 7.97. The Labute approximate surface area is 205 Å². The number of nitro groups is 1. The third kappa shape index (κ3) is 5.56. The normalized spacial score (nSPS) is 11.3. The molecule has 4 aromatic rings. The molecule has 0 amide bonds. The van der Waals surface area contributed by atoms with Gasteiger partial charge in [0.05, 0.1) is 22.8 Å². The van der Waals surface area contributed by atoms with Gasteiger partial charge in [0.15, 0.2) is 5.69 Å². The van der Waals surface area contributed by atoms with E-state index in [4.69, 9.17) is 0 Å². The van der Waals surface area contributed by atoms with Crippen LogP contribution in [0.3, 0.4) is 0 Å². The van der Waals surface area contributed by atoms with E-state index in [0.717, 1.165) is 44.8 Å². The molecule has 5 heterocycles. The van der Waals surface area contributed by atoms with Crippen LogP contribution in [0.5, 0.6) is 0 Å². The third-order valence-corrected chi connectivity index (χ3v) is 4.95. The maximum Gasteiger partial charge on any atom is 1.00 e. The summed E-state index contributed by atoms with van der Waals surface area (Å²) in [6, 6.07) is 24.9. The van der Waals surface area contributed by atoms with Crippen molar-refractivity contribution < 1.29 is 22.0 Å². The van der Waals surface area contributed by atoms with Crippen molar-refractivity contribution in [1.82, 2.24) is 19.9 Å². The molecule has 6 rings (SSSR count). The van der Waals surface area contributed by atoms with Gasteiger partial charge in [-0.25, -0.2) is 9.97 Å². The zero-order valence-electron chi connectivity index (χ0n) is 17.7. The van der Waals surface area contributed by atoms with Crippen LogP contribution in [0.4, 0.5) is 5.69 Å². The molecule has 0 spiro atoms. The number of nitrogens with zero attached hydrogens (tertiary/aromatic N) is 3. The Morgan fingerprint density at radius 1 is 0.647 bits per heavy atom. The SMILES string of the molecule is C1=Cc2cc3ccc(cc4ccc(cc5nc(cc1n2)C=C5)[nH]4)[nH]3.O=[N+]([O-])c1cc[c-]cc1.[Cu+]. The van der Waals surface area contributed by atoms with Crippen LogP contribution in [0, 0.1) is 16.2 Å². The van der Waals surface area contributed by atoms with Crippen LogP contribution in [0.2, 0.25) is 0 Å². The molecule has 1 aromatic carbocycles. The van der Waals surface area contributed by atoms with Crippen molar-refractivity contribution in [3.05, 3.63) is 112 Å². The van der Waals surface area contributed by atoms with Crippen molar-refractivity contribution in [1.29, 1.82) is 0 Å². The van der Waals surface area contributed by atoms with Gasteiger partial charge < -0.3 is 9.97 Å². The number of nitro benzene ring substituents is 1. The van der Waals surface area contributed by atoms with E-state index in [1.165, 1.54) is 24.3 Å². The minimum absolute atomic E-state index is 0. The van der Waals surface area contributed by atoms with Gasteiger partial charge in [-0.05, 0) is 72.8 Å². The molecule has 0 saturated heterocycles. The van der Waals surface area contributed by atoms with Crippen molar-refractivity contribution >= 4 is 52.1 Å². The van der Waals surface area contributed by atoms with Crippen LogP contribution in [-0.4, -0.2) is 24.9 Å². The molecule has 0 radical (unpaired) electrons. The van der Waals surface area contributed by atoms with Crippen molar-refractivity contribution in [2.45, 2.75) is 0 Å². The van der Waals surface area contributed by atoms with E-state index in [1.807, 2.05) is 42.5 Å². The summed E-state index contributed by atoms with van der Waals surface area (Å²) in [6.45, 7) is 0. The Morgan fingerprint density at radius 2 is 1.06 bits per heavy atom. The van der Waals surface area contributed by atoms with Crippen molar-refractivity contribution in [3.8, 4) is 0 Å². The van der Waals surface area contributed by atoms with Crippen LogP contribution in [0.25, 0.3) is 46.4 Å². The molecule has 2 aliphatic rings. The number of nitrogens with one attached hydrogen (secondary N) is 2. The van der Waals surface area contributed by atoms with Gasteiger partial charge in [0, 0.05) is 27.0 Å². The first kappa shape index (κ1) is 22.9. The van der Waals surface area contributed by atoms with Gasteiger partial charge in [0.1, 0.15) is 0 Å². The van der Waals surface area contributed by atoms with E-state index in [-0.39, 0.29) is 22.8 Å². The molecular formula is C26H18CuN5O2. The number of H-pyrrole nitrogens is 2. The molecule has 0 unspecified atom stereocenters. The molecule has 0 aliphatic carbocycles. The van der Waals surface area contributed by atoms with E-state index in [0.29, 0.717) is 0 Å². The minimum atomic E-state index is -0.437. The first-order valence-electron chi connectivity index (χ1n) is 10.3. The molecule has 8 heteroatoms. The molecule has 0 fully saturated rings. The summed E-state index contributed by atoms with van der Waals surface area (Å²) in [4.78, 5) is 25.6. The number of hydrogen-bond acceptors (Lipinski definition) is 4. The van der Waals surface area contributed by atoms with Gasteiger partial charge in [-0.3, -0.25) is 10.1 Å². The summed E-state index contributed by atoms with van der Waals surface area (Å²) >= 11 is 0. The van der Waals surface area contributed by atoms with Crippen molar-refractivity contribution in [3.63, 3.8) is 0 Å². The minimum Gasteiger partial charge on any atom is -0.355 e. The van der Waals surface area contributed by atoms with Crippen LogP contribution in [-0.2, 0) is 17.1 Å². The Kier molecular flexibility index (Phi) is 6.82. The van der Waals surface area contributed by atoms with E-state index in [1.54, 1.807) is 0 Å². The topological polar surface area (TPSA) is 101 Å². The average molecular weight is 496 g/mol. The number of fused-ring (bicyclic) bond motifs is 8. The Balaban J connectivity index is 0.000000234. The van der Waals surface area contributed by atoms with Crippen molar-refractivity contribution in [2.75, 3.05) is 0 Å². The van der Waals surface area contributed by atoms with Gasteiger partial charge in [-0.15, -0.1) is 0 Å². The zero-order valence-corrected chi connectivity index (χ0v) is 18.6. The van der Waals surface area contributed by atoms with Crippen LogP contribution in [0.1, 0.15) is 22.8 Å². The molecule has 170 valence electrons. The van der Waals surface area contributed by atoms with E-state index < -0.39 is 4.92 Å². The second kappa shape index (κ2) is 10.1. The molecular weight excluding hydrogens is 478 g/mol. The fourth-order valence-electron chi connectivity index (χ4n) is 3.44. The van der Waals surface area contributed by atoms with E-state index in [2.05, 4.69) is 56.3 Å². The summed E-state index contributed by atoms with van der Waals surface area (Å²) in [6.07, 6.45) is 8.05. The zero-order chi connectivity index (χ0) is 22.6. The number of aromatic nitrogens is 4. The second-order valence-corrected chi connectivity index (χ2v) is 7.42. The molecule has 8 bridgehead atoms. The Bertz CT molecular complexity index is 1460. The van der Waals surface area contributed by atoms with Crippen molar-refractivity contribution in [2.24, 2.45) is 0 Å².